The number of fused-ring (bicyclic) bond motifs is 1. The maximum absolute atomic E-state index is 5.14. The van der Waals surface area contributed by atoms with Crippen molar-refractivity contribution in [1.82, 2.24) is 9.55 Å². The van der Waals surface area contributed by atoms with E-state index in [1.54, 1.807) is 0 Å². The highest BCUT2D eigenvalue weighted by Gasteiger charge is 2.19. The van der Waals surface area contributed by atoms with Crippen LogP contribution in [0, 0.1) is 34.6 Å². The van der Waals surface area contributed by atoms with Crippen molar-refractivity contribution in [3.8, 4) is 11.1 Å². The highest BCUT2D eigenvalue weighted by atomic mass is 15.2. The highest BCUT2D eigenvalue weighted by molar-refractivity contribution is 5.96. The number of hydrogen-bond donors (Lipinski definition) is 1. The summed E-state index contributed by atoms with van der Waals surface area (Å²) in [6.07, 6.45) is 0. The second-order valence-electron chi connectivity index (χ2n) is 8.74. The monoisotopic (exact) mass is 397 g/mol. The molecule has 4 rings (SSSR count). The largest absolute Gasteiger partial charge is 0.325 e. The molecule has 30 heavy (non-hydrogen) atoms. The highest BCUT2D eigenvalue weighted by Crippen LogP contribution is 2.37. The van der Waals surface area contributed by atoms with Crippen LogP contribution >= 0.6 is 0 Å². The van der Waals surface area contributed by atoms with Crippen molar-refractivity contribution in [3.05, 3.63) is 76.3 Å². The summed E-state index contributed by atoms with van der Waals surface area (Å²) in [6, 6.07) is 17.7. The fourth-order valence-corrected chi connectivity index (χ4v) is 4.66. The maximum Gasteiger partial charge on any atom is 0.208 e. The minimum Gasteiger partial charge on any atom is -0.325 e. The Labute approximate surface area is 179 Å². The molecule has 1 aromatic heterocycles. The summed E-state index contributed by atoms with van der Waals surface area (Å²) >= 11 is 0. The summed E-state index contributed by atoms with van der Waals surface area (Å²) in [5.74, 6) is 0.896. The van der Waals surface area contributed by atoms with Gasteiger partial charge in [-0.15, -0.1) is 0 Å². The normalized spacial score (nSPS) is 11.5. The fraction of sp³-hybridized carbons (Fsp3) is 0.296. The lowest BCUT2D eigenvalue weighted by Crippen LogP contribution is -2.07. The van der Waals surface area contributed by atoms with Crippen molar-refractivity contribution in [2.75, 3.05) is 5.32 Å². The number of anilines is 2. The molecule has 0 aliphatic rings. The van der Waals surface area contributed by atoms with Gasteiger partial charge in [-0.3, -0.25) is 0 Å². The van der Waals surface area contributed by atoms with Crippen LogP contribution < -0.4 is 5.32 Å². The first-order valence-electron chi connectivity index (χ1n) is 10.7. The molecule has 0 spiro atoms. The van der Waals surface area contributed by atoms with Gasteiger partial charge < -0.3 is 9.88 Å². The molecule has 0 saturated heterocycles. The number of aromatic nitrogens is 2. The van der Waals surface area contributed by atoms with Crippen molar-refractivity contribution in [3.63, 3.8) is 0 Å². The van der Waals surface area contributed by atoms with Crippen molar-refractivity contribution in [2.24, 2.45) is 0 Å². The van der Waals surface area contributed by atoms with E-state index in [1.165, 1.54) is 38.9 Å². The molecular formula is C27H31N3. The van der Waals surface area contributed by atoms with Gasteiger partial charge >= 0.3 is 0 Å². The first-order valence-corrected chi connectivity index (χ1v) is 10.7. The van der Waals surface area contributed by atoms with Crippen molar-refractivity contribution >= 4 is 22.7 Å². The number of aryl methyl sites for hydroxylation is 5. The molecule has 0 aliphatic carbocycles. The van der Waals surface area contributed by atoms with Crippen LogP contribution in [-0.2, 0) is 0 Å². The zero-order valence-corrected chi connectivity index (χ0v) is 19.1. The van der Waals surface area contributed by atoms with E-state index in [4.69, 9.17) is 4.98 Å². The topological polar surface area (TPSA) is 29.9 Å². The van der Waals surface area contributed by atoms with E-state index in [0.29, 0.717) is 0 Å². The summed E-state index contributed by atoms with van der Waals surface area (Å²) in [6.45, 7) is 15.3. The third kappa shape index (κ3) is 3.39. The summed E-state index contributed by atoms with van der Waals surface area (Å²) in [7, 11) is 0. The molecule has 154 valence electrons. The van der Waals surface area contributed by atoms with Gasteiger partial charge in [0.2, 0.25) is 5.95 Å². The Morgan fingerprint density at radius 1 is 0.800 bits per heavy atom. The lowest BCUT2D eigenvalue weighted by molar-refractivity contribution is 0.625. The van der Waals surface area contributed by atoms with Gasteiger partial charge in [0.05, 0.1) is 11.0 Å². The quantitative estimate of drug-likeness (QED) is 0.385. The van der Waals surface area contributed by atoms with Gasteiger partial charge in [0, 0.05) is 17.3 Å². The zero-order chi connectivity index (χ0) is 21.6. The van der Waals surface area contributed by atoms with Crippen molar-refractivity contribution in [1.29, 1.82) is 0 Å². The van der Waals surface area contributed by atoms with Crippen LogP contribution in [0.2, 0.25) is 0 Å². The first-order chi connectivity index (χ1) is 14.3. The molecule has 0 radical (unpaired) electrons. The third-order valence-electron chi connectivity index (χ3n) is 5.90. The fourth-order valence-electron chi connectivity index (χ4n) is 4.66. The molecule has 3 nitrogen and oxygen atoms in total. The van der Waals surface area contributed by atoms with Gasteiger partial charge in [0.25, 0.3) is 0 Å². The number of nitrogens with one attached hydrogen (secondary N) is 1. The molecule has 1 N–H and O–H groups in total. The summed E-state index contributed by atoms with van der Waals surface area (Å²) in [5, 5.41) is 3.65. The molecular weight excluding hydrogens is 366 g/mol. The molecule has 3 heteroatoms. The van der Waals surface area contributed by atoms with Crippen LogP contribution in [0.4, 0.5) is 11.6 Å². The minimum absolute atomic E-state index is 0.289. The molecule has 1 heterocycles. The van der Waals surface area contributed by atoms with Gasteiger partial charge in [-0.1, -0.05) is 48.0 Å². The summed E-state index contributed by atoms with van der Waals surface area (Å²) in [5.41, 5.74) is 12.2. The molecule has 0 bridgehead atoms. The van der Waals surface area contributed by atoms with Crippen LogP contribution in [0.15, 0.2) is 48.5 Å². The van der Waals surface area contributed by atoms with E-state index in [-0.39, 0.29) is 6.04 Å². The SMILES string of the molecule is Cc1cc(C)c(-c2cccc3c2nc(Nc2c(C)cccc2C)n3C(C)C)c(C)c1. The Morgan fingerprint density at radius 2 is 1.40 bits per heavy atom. The predicted molar refractivity (Wildman–Crippen MR) is 129 cm³/mol. The Hall–Kier alpha value is -3.07. The summed E-state index contributed by atoms with van der Waals surface area (Å²) in [4.78, 5) is 5.14. The van der Waals surface area contributed by atoms with Crippen LogP contribution in [-0.4, -0.2) is 9.55 Å². The van der Waals surface area contributed by atoms with E-state index < -0.39 is 0 Å². The molecule has 0 aliphatic heterocycles. The standard InChI is InChI=1S/C27H31N3/c1-16(2)30-23-13-9-12-22(24-20(6)14-17(3)15-21(24)7)26(23)29-27(30)28-25-18(4)10-8-11-19(25)5/h8-16H,1-7H3,(H,28,29). The molecule has 0 saturated carbocycles. The van der Waals surface area contributed by atoms with E-state index >= 15 is 0 Å². The lowest BCUT2D eigenvalue weighted by atomic mass is 9.93. The zero-order valence-electron chi connectivity index (χ0n) is 19.1. The van der Waals surface area contributed by atoms with E-state index in [9.17, 15) is 0 Å². The van der Waals surface area contributed by atoms with Crippen LogP contribution in [0.3, 0.4) is 0 Å². The van der Waals surface area contributed by atoms with Gasteiger partial charge in [0.1, 0.15) is 0 Å². The average Bonchev–Trinajstić information content (AvgIpc) is 3.03. The molecule has 0 unspecified atom stereocenters. The van der Waals surface area contributed by atoms with E-state index in [1.807, 2.05) is 0 Å². The maximum atomic E-state index is 5.14. The molecule has 0 amide bonds. The van der Waals surface area contributed by atoms with Crippen LogP contribution in [0.25, 0.3) is 22.2 Å². The van der Waals surface area contributed by atoms with Crippen molar-refractivity contribution in [2.45, 2.75) is 54.5 Å². The third-order valence-corrected chi connectivity index (χ3v) is 5.90. The number of hydrogen-bond acceptors (Lipinski definition) is 2. The number of imidazole rings is 1. The van der Waals surface area contributed by atoms with E-state index in [2.05, 4.69) is 107 Å². The molecule has 0 fully saturated rings. The van der Waals surface area contributed by atoms with Gasteiger partial charge in [-0.2, -0.15) is 0 Å². The van der Waals surface area contributed by atoms with Crippen LogP contribution in [0.1, 0.15) is 47.7 Å². The van der Waals surface area contributed by atoms with Crippen molar-refractivity contribution < 1.29 is 0 Å². The Balaban J connectivity index is 1.97. The minimum atomic E-state index is 0.289. The number of nitrogens with zero attached hydrogens (tertiary/aromatic N) is 2. The molecule has 4 aromatic rings. The smallest absolute Gasteiger partial charge is 0.208 e. The average molecular weight is 398 g/mol. The molecule has 3 aromatic carbocycles. The first kappa shape index (κ1) is 20.2. The second kappa shape index (κ2) is 7.64. The van der Waals surface area contributed by atoms with Crippen LogP contribution in [0.5, 0.6) is 0 Å². The lowest BCUT2D eigenvalue weighted by Gasteiger charge is -2.17. The van der Waals surface area contributed by atoms with Gasteiger partial charge in [-0.05, 0) is 82.3 Å². The number of rotatable bonds is 4. The predicted octanol–water partition coefficient (Wildman–Crippen LogP) is 7.57. The Bertz CT molecular complexity index is 1200. The van der Waals surface area contributed by atoms with E-state index in [0.717, 1.165) is 22.7 Å². The number of benzene rings is 3. The summed E-state index contributed by atoms with van der Waals surface area (Å²) < 4.78 is 2.31. The van der Waals surface area contributed by atoms with Gasteiger partial charge in [0.15, 0.2) is 0 Å². The Kier molecular flexibility index (Phi) is 5.15. The van der Waals surface area contributed by atoms with Gasteiger partial charge in [-0.25, -0.2) is 4.98 Å². The Morgan fingerprint density at radius 3 is 2.00 bits per heavy atom. The second-order valence-corrected chi connectivity index (χ2v) is 8.74. The number of para-hydroxylation sites is 2. The molecule has 0 atom stereocenters.